The normalized spacial score (nSPS) is 10.3. The van der Waals surface area contributed by atoms with E-state index >= 15 is 0 Å². The third-order valence-electron chi connectivity index (χ3n) is 2.62. The number of hydrogen-bond donors (Lipinski definition) is 2. The van der Waals surface area contributed by atoms with Crippen molar-refractivity contribution in [1.82, 2.24) is 0 Å². The van der Waals surface area contributed by atoms with Crippen LogP contribution in [0.3, 0.4) is 0 Å². The van der Waals surface area contributed by atoms with Crippen molar-refractivity contribution in [1.29, 1.82) is 0 Å². The molecular weight excluding hydrogens is 330 g/mol. The molecule has 1 amide bonds. The molecule has 98 valence electrons. The molecule has 2 N–H and O–H groups in total. The summed E-state index contributed by atoms with van der Waals surface area (Å²) in [5.74, 6) is -0.189. The second-order valence-electron chi connectivity index (χ2n) is 4.08. The maximum Gasteiger partial charge on any atom is 0.255 e. The molecule has 0 aromatic heterocycles. The van der Waals surface area contributed by atoms with Gasteiger partial charge in [-0.15, -0.1) is 0 Å². The Morgan fingerprint density at radius 3 is 2.63 bits per heavy atom. The predicted octanol–water partition coefficient (Wildman–Crippen LogP) is 4.37. The number of phenols is 1. The smallest absolute Gasteiger partial charge is 0.255 e. The molecule has 5 heteroatoms. The first-order valence-electron chi connectivity index (χ1n) is 5.53. The van der Waals surface area contributed by atoms with Gasteiger partial charge in [0.2, 0.25) is 0 Å². The lowest BCUT2D eigenvalue weighted by Gasteiger charge is -2.08. The molecule has 0 unspecified atom stereocenters. The fourth-order valence-electron chi connectivity index (χ4n) is 1.59. The van der Waals surface area contributed by atoms with Crippen molar-refractivity contribution in [3.8, 4) is 5.75 Å². The van der Waals surface area contributed by atoms with Crippen molar-refractivity contribution in [3.63, 3.8) is 0 Å². The van der Waals surface area contributed by atoms with E-state index in [9.17, 15) is 9.90 Å². The summed E-state index contributed by atoms with van der Waals surface area (Å²) < 4.78 is 0.951. The molecule has 0 spiro atoms. The fourth-order valence-corrected chi connectivity index (χ4v) is 2.05. The zero-order valence-corrected chi connectivity index (χ0v) is 12.4. The summed E-state index contributed by atoms with van der Waals surface area (Å²) in [6.07, 6.45) is 0. The molecule has 0 fully saturated rings. The van der Waals surface area contributed by atoms with Crippen LogP contribution in [-0.4, -0.2) is 11.0 Å². The Morgan fingerprint density at radius 1 is 1.26 bits per heavy atom. The van der Waals surface area contributed by atoms with E-state index in [1.165, 1.54) is 12.1 Å². The quantitative estimate of drug-likeness (QED) is 0.798. The number of benzene rings is 2. The molecule has 2 aromatic carbocycles. The van der Waals surface area contributed by atoms with Crippen LogP contribution in [-0.2, 0) is 0 Å². The van der Waals surface area contributed by atoms with E-state index in [-0.39, 0.29) is 11.7 Å². The molecule has 0 aliphatic rings. The summed E-state index contributed by atoms with van der Waals surface area (Å²) in [7, 11) is 0. The number of amides is 1. The largest absolute Gasteiger partial charge is 0.508 e. The molecular formula is C14H11BrClNO2. The molecule has 3 nitrogen and oxygen atoms in total. The Kier molecular flexibility index (Phi) is 4.12. The molecule has 2 aromatic rings. The highest BCUT2D eigenvalue weighted by Gasteiger charge is 2.10. The first-order chi connectivity index (χ1) is 8.97. The minimum Gasteiger partial charge on any atom is -0.508 e. The van der Waals surface area contributed by atoms with Gasteiger partial charge in [0.1, 0.15) is 5.75 Å². The maximum atomic E-state index is 12.1. The Balaban J connectivity index is 2.23. The van der Waals surface area contributed by atoms with Crippen molar-refractivity contribution in [3.05, 3.63) is 57.0 Å². The van der Waals surface area contributed by atoms with Crippen LogP contribution in [0, 0.1) is 6.92 Å². The lowest BCUT2D eigenvalue weighted by molar-refractivity contribution is 0.102. The predicted molar refractivity (Wildman–Crippen MR) is 79.9 cm³/mol. The number of phenolic OH excluding ortho intramolecular Hbond substituents is 1. The summed E-state index contributed by atoms with van der Waals surface area (Å²) in [5.41, 5.74) is 1.99. The molecule has 0 atom stereocenters. The van der Waals surface area contributed by atoms with E-state index in [2.05, 4.69) is 21.2 Å². The van der Waals surface area contributed by atoms with Crippen LogP contribution < -0.4 is 5.32 Å². The minimum atomic E-state index is -0.247. The van der Waals surface area contributed by atoms with E-state index in [4.69, 9.17) is 11.6 Å². The Morgan fingerprint density at radius 2 is 2.00 bits per heavy atom. The summed E-state index contributed by atoms with van der Waals surface area (Å²) in [5, 5.41) is 12.3. The van der Waals surface area contributed by atoms with Gasteiger partial charge in [0.05, 0.1) is 10.7 Å². The van der Waals surface area contributed by atoms with Crippen LogP contribution in [0.5, 0.6) is 5.75 Å². The number of anilines is 1. The number of nitrogens with one attached hydrogen (secondary N) is 1. The number of carbonyl (C=O) groups is 1. The summed E-state index contributed by atoms with van der Waals surface area (Å²) in [6, 6.07) is 9.73. The molecule has 0 radical (unpaired) electrons. The Bertz CT molecular complexity index is 643. The van der Waals surface area contributed by atoms with Gasteiger partial charge < -0.3 is 10.4 Å². The van der Waals surface area contributed by atoms with Crippen LogP contribution in [0.2, 0.25) is 5.02 Å². The van der Waals surface area contributed by atoms with Crippen LogP contribution in [0.1, 0.15) is 15.9 Å². The van der Waals surface area contributed by atoms with Crippen LogP contribution in [0.4, 0.5) is 5.69 Å². The van der Waals surface area contributed by atoms with Gasteiger partial charge in [0.25, 0.3) is 5.91 Å². The standard InChI is InChI=1S/C14H11BrClNO2/c1-8-6-9(2-4-11(8)15)14(19)17-13-5-3-10(18)7-12(13)16/h2-7,18H,1H3,(H,17,19). The highest BCUT2D eigenvalue weighted by molar-refractivity contribution is 9.10. The van der Waals surface area contributed by atoms with Gasteiger partial charge in [0, 0.05) is 16.1 Å². The number of aryl methyl sites for hydroxylation is 1. The first kappa shape index (κ1) is 13.9. The Hall–Kier alpha value is -1.52. The van der Waals surface area contributed by atoms with Crippen LogP contribution in [0.25, 0.3) is 0 Å². The van der Waals surface area contributed by atoms with Gasteiger partial charge in [-0.2, -0.15) is 0 Å². The molecule has 0 saturated carbocycles. The van der Waals surface area contributed by atoms with Gasteiger partial charge in [-0.25, -0.2) is 0 Å². The molecule has 2 rings (SSSR count). The monoisotopic (exact) mass is 339 g/mol. The van der Waals surface area contributed by atoms with Crippen molar-refractivity contribution < 1.29 is 9.90 Å². The number of rotatable bonds is 2. The zero-order chi connectivity index (χ0) is 14.0. The second kappa shape index (κ2) is 5.63. The summed E-state index contributed by atoms with van der Waals surface area (Å²) in [4.78, 5) is 12.1. The zero-order valence-electron chi connectivity index (χ0n) is 10.1. The van der Waals surface area contributed by atoms with Gasteiger partial charge >= 0.3 is 0 Å². The van der Waals surface area contributed by atoms with E-state index in [1.54, 1.807) is 18.2 Å². The minimum absolute atomic E-state index is 0.0579. The third-order valence-corrected chi connectivity index (χ3v) is 3.82. The van der Waals surface area contributed by atoms with Crippen molar-refractivity contribution >= 4 is 39.1 Å². The average Bonchev–Trinajstić information content (AvgIpc) is 2.36. The van der Waals surface area contributed by atoms with E-state index in [1.807, 2.05) is 13.0 Å². The number of halogens is 2. The molecule has 0 aliphatic carbocycles. The molecule has 0 bridgehead atoms. The SMILES string of the molecule is Cc1cc(C(=O)Nc2ccc(O)cc2Cl)ccc1Br. The van der Waals surface area contributed by atoms with Gasteiger partial charge in [0.15, 0.2) is 0 Å². The topological polar surface area (TPSA) is 49.3 Å². The third kappa shape index (κ3) is 3.28. The molecule has 0 heterocycles. The maximum absolute atomic E-state index is 12.1. The van der Waals surface area contributed by atoms with Crippen molar-refractivity contribution in [2.75, 3.05) is 5.32 Å². The number of aromatic hydroxyl groups is 1. The lowest BCUT2D eigenvalue weighted by atomic mass is 10.1. The van der Waals surface area contributed by atoms with E-state index < -0.39 is 0 Å². The van der Waals surface area contributed by atoms with Gasteiger partial charge in [-0.1, -0.05) is 27.5 Å². The fraction of sp³-hybridized carbons (Fsp3) is 0.0714. The summed E-state index contributed by atoms with van der Waals surface area (Å²) >= 11 is 9.32. The average molecular weight is 341 g/mol. The number of hydrogen-bond acceptors (Lipinski definition) is 2. The highest BCUT2D eigenvalue weighted by atomic mass is 79.9. The van der Waals surface area contributed by atoms with Crippen LogP contribution in [0.15, 0.2) is 40.9 Å². The van der Waals surface area contributed by atoms with Crippen molar-refractivity contribution in [2.24, 2.45) is 0 Å². The highest BCUT2D eigenvalue weighted by Crippen LogP contribution is 2.26. The lowest BCUT2D eigenvalue weighted by Crippen LogP contribution is -2.12. The van der Waals surface area contributed by atoms with Crippen LogP contribution >= 0.6 is 27.5 Å². The molecule has 19 heavy (non-hydrogen) atoms. The number of carbonyl (C=O) groups excluding carboxylic acids is 1. The molecule has 0 aliphatic heterocycles. The van der Waals surface area contributed by atoms with E-state index in [0.29, 0.717) is 16.3 Å². The van der Waals surface area contributed by atoms with Crippen molar-refractivity contribution in [2.45, 2.75) is 6.92 Å². The van der Waals surface area contributed by atoms with E-state index in [0.717, 1.165) is 10.0 Å². The second-order valence-corrected chi connectivity index (χ2v) is 5.34. The summed E-state index contributed by atoms with van der Waals surface area (Å²) in [6.45, 7) is 1.91. The first-order valence-corrected chi connectivity index (χ1v) is 6.70. The van der Waals surface area contributed by atoms with Gasteiger partial charge in [-0.05, 0) is 42.8 Å². The molecule has 0 saturated heterocycles. The van der Waals surface area contributed by atoms with Gasteiger partial charge in [-0.3, -0.25) is 4.79 Å². The Labute approximate surface area is 124 Å².